The summed E-state index contributed by atoms with van der Waals surface area (Å²) in [6, 6.07) is 2.02. The van der Waals surface area contributed by atoms with Gasteiger partial charge in [0, 0.05) is 41.9 Å². The molecule has 29 heavy (non-hydrogen) atoms. The summed E-state index contributed by atoms with van der Waals surface area (Å²) >= 11 is 3.48. The quantitative estimate of drug-likeness (QED) is 0.715. The van der Waals surface area contributed by atoms with Crippen molar-refractivity contribution in [2.45, 2.75) is 78.5 Å². The lowest BCUT2D eigenvalue weighted by molar-refractivity contribution is -0.145. The molecular weight excluding hydrogens is 434 g/mol. The topological polar surface area (TPSA) is 71.5 Å². The van der Waals surface area contributed by atoms with Gasteiger partial charge in [0.1, 0.15) is 5.60 Å². The highest BCUT2D eigenvalue weighted by Crippen LogP contribution is 2.46. The highest BCUT2D eigenvalue weighted by atomic mass is 79.9. The van der Waals surface area contributed by atoms with E-state index in [9.17, 15) is 9.59 Å². The van der Waals surface area contributed by atoms with E-state index in [0.717, 1.165) is 35.0 Å². The Morgan fingerprint density at radius 3 is 2.76 bits per heavy atom. The van der Waals surface area contributed by atoms with Crippen molar-refractivity contribution in [2.75, 3.05) is 6.54 Å². The number of ether oxygens (including phenoxy) is 1. The summed E-state index contributed by atoms with van der Waals surface area (Å²) in [6.45, 7) is 11.1. The first-order valence-corrected chi connectivity index (χ1v) is 11.2. The van der Waals surface area contributed by atoms with Crippen molar-refractivity contribution in [3.8, 4) is 0 Å². The first-order chi connectivity index (χ1) is 13.5. The Balaban J connectivity index is 1.71. The SMILES string of the molecule is CC(C)[C@]1(C(=O)N2CCc3ncc(Br)cc3C2)CC[C@@H](NC(=O)OC(C)(C)C)C1. The van der Waals surface area contributed by atoms with Crippen LogP contribution in [-0.2, 0) is 22.5 Å². The second-order valence-electron chi connectivity index (χ2n) is 9.63. The molecule has 1 fully saturated rings. The Hall–Kier alpha value is -1.63. The van der Waals surface area contributed by atoms with Gasteiger partial charge in [0.15, 0.2) is 0 Å². The number of halogens is 1. The molecule has 1 saturated carbocycles. The number of carbonyl (C=O) groups excluding carboxylic acids is 2. The molecule has 0 unspecified atom stereocenters. The number of pyridine rings is 1. The van der Waals surface area contributed by atoms with Crippen LogP contribution in [0.15, 0.2) is 16.7 Å². The first-order valence-electron chi connectivity index (χ1n) is 10.4. The molecule has 2 aliphatic rings. The molecule has 3 rings (SSSR count). The van der Waals surface area contributed by atoms with Gasteiger partial charge in [-0.3, -0.25) is 9.78 Å². The van der Waals surface area contributed by atoms with Gasteiger partial charge < -0.3 is 15.0 Å². The minimum atomic E-state index is -0.531. The zero-order chi connectivity index (χ0) is 21.4. The lowest BCUT2D eigenvalue weighted by atomic mass is 9.74. The van der Waals surface area contributed by atoms with E-state index < -0.39 is 17.1 Å². The van der Waals surface area contributed by atoms with Gasteiger partial charge in [-0.05, 0) is 73.5 Å². The zero-order valence-electron chi connectivity index (χ0n) is 18.0. The van der Waals surface area contributed by atoms with Crippen molar-refractivity contribution in [2.24, 2.45) is 11.3 Å². The maximum Gasteiger partial charge on any atom is 0.407 e. The van der Waals surface area contributed by atoms with Crippen LogP contribution in [0.4, 0.5) is 4.79 Å². The van der Waals surface area contributed by atoms with Crippen molar-refractivity contribution >= 4 is 27.9 Å². The van der Waals surface area contributed by atoms with Gasteiger partial charge in [0.25, 0.3) is 0 Å². The molecule has 0 aromatic carbocycles. The lowest BCUT2D eigenvalue weighted by Crippen LogP contribution is -2.48. The van der Waals surface area contributed by atoms with Crippen LogP contribution >= 0.6 is 15.9 Å². The molecule has 7 heteroatoms. The Kier molecular flexibility index (Phi) is 6.27. The fourth-order valence-corrected chi connectivity index (χ4v) is 4.90. The predicted octanol–water partition coefficient (Wildman–Crippen LogP) is 4.45. The molecule has 2 amide bonds. The van der Waals surface area contributed by atoms with E-state index in [1.807, 2.05) is 31.9 Å². The normalized spacial score (nSPS) is 24.4. The van der Waals surface area contributed by atoms with Crippen LogP contribution in [0.5, 0.6) is 0 Å². The molecule has 2 heterocycles. The molecule has 2 atom stereocenters. The van der Waals surface area contributed by atoms with Crippen molar-refractivity contribution in [1.82, 2.24) is 15.2 Å². The fourth-order valence-electron chi connectivity index (χ4n) is 4.52. The summed E-state index contributed by atoms with van der Waals surface area (Å²) in [5.74, 6) is 0.397. The van der Waals surface area contributed by atoms with E-state index in [0.29, 0.717) is 19.5 Å². The van der Waals surface area contributed by atoms with Gasteiger partial charge in [-0.25, -0.2) is 4.79 Å². The number of rotatable bonds is 3. The molecule has 0 spiro atoms. The lowest BCUT2D eigenvalue weighted by Gasteiger charge is -2.39. The highest BCUT2D eigenvalue weighted by molar-refractivity contribution is 9.10. The average molecular weight is 466 g/mol. The first kappa shape index (κ1) is 22.1. The third kappa shape index (κ3) is 4.93. The smallest absolute Gasteiger partial charge is 0.407 e. The van der Waals surface area contributed by atoms with E-state index in [-0.39, 0.29) is 17.9 Å². The number of aromatic nitrogens is 1. The zero-order valence-corrected chi connectivity index (χ0v) is 19.6. The number of hydrogen-bond acceptors (Lipinski definition) is 4. The molecule has 0 saturated heterocycles. The number of nitrogens with zero attached hydrogens (tertiary/aromatic N) is 2. The molecule has 6 nitrogen and oxygen atoms in total. The molecule has 1 aliphatic heterocycles. The van der Waals surface area contributed by atoms with Crippen LogP contribution in [0, 0.1) is 11.3 Å². The third-order valence-corrected chi connectivity index (χ3v) is 6.53. The molecule has 0 bridgehead atoms. The molecular formula is C22H32BrN3O3. The van der Waals surface area contributed by atoms with E-state index in [1.165, 1.54) is 0 Å². The monoisotopic (exact) mass is 465 g/mol. The van der Waals surface area contributed by atoms with Crippen LogP contribution in [0.3, 0.4) is 0 Å². The summed E-state index contributed by atoms with van der Waals surface area (Å²) in [5, 5.41) is 2.98. The van der Waals surface area contributed by atoms with E-state index in [2.05, 4.69) is 46.1 Å². The van der Waals surface area contributed by atoms with Gasteiger partial charge in [0.2, 0.25) is 5.91 Å². The second-order valence-corrected chi connectivity index (χ2v) is 10.5. The number of nitrogens with one attached hydrogen (secondary N) is 1. The minimum absolute atomic E-state index is 0.0379. The maximum atomic E-state index is 13.7. The molecule has 1 aromatic rings. The summed E-state index contributed by atoms with van der Waals surface area (Å²) in [4.78, 5) is 32.3. The third-order valence-electron chi connectivity index (χ3n) is 6.09. The standard InChI is InChI=1S/C22H32BrN3O3/c1-14(2)22(8-6-17(11-22)25-20(28)29-21(3,4)5)19(27)26-9-7-18-15(13-26)10-16(23)12-24-18/h10,12,14,17H,6-9,11,13H2,1-5H3,(H,25,28)/t17-,22+/m1/s1. The number of fused-ring (bicyclic) bond motifs is 1. The van der Waals surface area contributed by atoms with Crippen LogP contribution < -0.4 is 5.32 Å². The van der Waals surface area contributed by atoms with Crippen molar-refractivity contribution < 1.29 is 14.3 Å². The molecule has 1 aromatic heterocycles. The number of alkyl carbamates (subject to hydrolysis) is 1. The van der Waals surface area contributed by atoms with Crippen LogP contribution in [-0.4, -0.2) is 40.1 Å². The van der Waals surface area contributed by atoms with Crippen LogP contribution in [0.1, 0.15) is 65.1 Å². The van der Waals surface area contributed by atoms with Gasteiger partial charge >= 0.3 is 6.09 Å². The Morgan fingerprint density at radius 1 is 1.38 bits per heavy atom. The highest BCUT2D eigenvalue weighted by Gasteiger charge is 2.50. The van der Waals surface area contributed by atoms with Crippen molar-refractivity contribution in [3.63, 3.8) is 0 Å². The Bertz CT molecular complexity index is 790. The average Bonchev–Trinajstić information content (AvgIpc) is 3.03. The number of carbonyl (C=O) groups is 2. The van der Waals surface area contributed by atoms with Gasteiger partial charge in [-0.2, -0.15) is 0 Å². The summed E-state index contributed by atoms with van der Waals surface area (Å²) in [6.07, 6.45) is 4.42. The summed E-state index contributed by atoms with van der Waals surface area (Å²) < 4.78 is 6.34. The van der Waals surface area contributed by atoms with Crippen molar-refractivity contribution in [1.29, 1.82) is 0 Å². The van der Waals surface area contributed by atoms with Gasteiger partial charge in [0.05, 0.1) is 5.41 Å². The largest absolute Gasteiger partial charge is 0.444 e. The Morgan fingerprint density at radius 2 is 2.10 bits per heavy atom. The summed E-state index contributed by atoms with van der Waals surface area (Å²) in [7, 11) is 0. The predicted molar refractivity (Wildman–Crippen MR) is 115 cm³/mol. The van der Waals surface area contributed by atoms with E-state index in [1.54, 1.807) is 0 Å². The number of hydrogen-bond donors (Lipinski definition) is 1. The Labute approximate surface area is 181 Å². The fraction of sp³-hybridized carbons (Fsp3) is 0.682. The van der Waals surface area contributed by atoms with Gasteiger partial charge in [-0.1, -0.05) is 13.8 Å². The van der Waals surface area contributed by atoms with E-state index in [4.69, 9.17) is 4.74 Å². The van der Waals surface area contributed by atoms with Crippen LogP contribution in [0.2, 0.25) is 0 Å². The molecule has 1 aliphatic carbocycles. The number of amides is 2. The minimum Gasteiger partial charge on any atom is -0.444 e. The summed E-state index contributed by atoms with van der Waals surface area (Å²) in [5.41, 5.74) is 1.21. The second kappa shape index (κ2) is 8.25. The van der Waals surface area contributed by atoms with Crippen molar-refractivity contribution in [3.05, 3.63) is 28.0 Å². The maximum absolute atomic E-state index is 13.7. The van der Waals surface area contributed by atoms with Gasteiger partial charge in [-0.15, -0.1) is 0 Å². The molecule has 0 radical (unpaired) electrons. The van der Waals surface area contributed by atoms with Crippen LogP contribution in [0.25, 0.3) is 0 Å². The van der Waals surface area contributed by atoms with E-state index >= 15 is 0 Å². The molecule has 1 N–H and O–H groups in total. The molecule has 160 valence electrons.